The number of aromatic nitrogens is 2. The Morgan fingerprint density at radius 3 is 0.664 bits per heavy atom. The Morgan fingerprint density at radius 2 is 0.455 bits per heavy atom. The van der Waals surface area contributed by atoms with Crippen LogP contribution in [0.2, 0.25) is 0 Å². The summed E-state index contributed by atoms with van der Waals surface area (Å²) in [6, 6.07) is 134. The second-order valence-electron chi connectivity index (χ2n) is 32.3. The van der Waals surface area contributed by atoms with E-state index in [0.29, 0.717) is 5.57 Å². The minimum absolute atomic E-state index is 0.0489. The van der Waals surface area contributed by atoms with Crippen molar-refractivity contribution in [2.24, 2.45) is 0 Å². The molecule has 0 fully saturated rings. The Labute approximate surface area is 784 Å². The minimum atomic E-state index is 0.0489. The van der Waals surface area contributed by atoms with Crippen LogP contribution < -0.4 is 57.5 Å². The van der Waals surface area contributed by atoms with Crippen molar-refractivity contribution >= 4 is 140 Å². The predicted octanol–water partition coefficient (Wildman–Crippen LogP) is 30.8. The lowest BCUT2D eigenvalue weighted by Crippen LogP contribution is -2.10. The number of hydrogen-bond acceptors (Lipinski definition) is 15. The average Bonchev–Trinajstić information content (AvgIpc) is 1.58. The van der Waals surface area contributed by atoms with Gasteiger partial charge in [-0.1, -0.05) is 48.5 Å². The van der Waals surface area contributed by atoms with E-state index >= 15 is 0 Å². The number of fused-ring (bicyclic) bond motifs is 9. The third-order valence-corrected chi connectivity index (χ3v) is 27.4. The SMILES string of the molecule is [C-]#[N+]C(C#N)=C1c2cc(-c3ccc(-c4ccc(-n5c6ccc(N(c7ccc(OC)cc7)c7ccc(OC)cc7)cc6c6cc(N(c7ccc(OC)cc7)c7ccc(OC)cc7)ccc65)cc4)s3)ccc2-c2ccc(-c3ccc(-c4ccc(-n5c6ccc(N(c7ccc(OC)cc7)c7ccc(OC)cc7)cc6c6cc(N(c7ccc(OC)cc7)c7ccc(OC)cc7)ccc65)cc4)s3)cc21. The number of rotatable bonds is 26. The molecule has 0 atom stereocenters. The van der Waals surface area contributed by atoms with Gasteiger partial charge in [-0.3, -0.25) is 0 Å². The summed E-state index contributed by atoms with van der Waals surface area (Å²) in [5, 5.41) is 15.1. The molecule has 0 N–H and O–H groups in total. The third-order valence-electron chi connectivity index (χ3n) is 25.1. The maximum atomic E-state index is 10.8. The second-order valence-corrected chi connectivity index (χ2v) is 34.5. The molecule has 18 heteroatoms. The van der Waals surface area contributed by atoms with Crippen LogP contribution in [0.1, 0.15) is 11.1 Å². The molecule has 0 radical (unpaired) electrons. The highest BCUT2D eigenvalue weighted by Gasteiger charge is 2.30. The molecular formula is C116H86N8O8S2. The summed E-state index contributed by atoms with van der Waals surface area (Å²) in [7, 11) is 13.5. The Kier molecular flexibility index (Phi) is 22.3. The lowest BCUT2D eigenvalue weighted by Gasteiger charge is -2.26. The van der Waals surface area contributed by atoms with Crippen molar-refractivity contribution in [1.82, 2.24) is 9.13 Å². The summed E-state index contributed by atoms with van der Waals surface area (Å²) in [5.74, 6) is 6.12. The van der Waals surface area contributed by atoms with E-state index in [9.17, 15) is 5.26 Å². The molecule has 1 aliphatic carbocycles. The van der Waals surface area contributed by atoms with E-state index in [1.165, 1.54) is 0 Å². The standard InChI is InChI=1S/C116H86N8O8S2/c1-118-107(72-117)116-105-66-75(114-64-62-112(133-114)73-10-16-85(17-11-73)123-108-58-36-87(119(77-20-40-91(125-2)41-21-77)78-22-42-92(126-3)43-23-78)68-101(108)102-69-88(37-59-109(102)123)120(79-24-44-93(127-4)45-25-79)80-26-46-94(128-5)47-27-80)14-56-99(105)100-57-15-76(67-106(100)116)115-65-63-113(134-115)74-12-18-86(19-13-74)124-110-60-38-89(121(81-28-48-95(129-6)49-29-81)82-30-50-96(130-7)51-31-82)70-103(110)104-71-90(39-61-111(104)124)122(83-32-52-97(131-8)53-33-83)84-34-54-98(132-9)55-35-84/h10-71H,2-9H3. The quantitative estimate of drug-likeness (QED) is 0.0378. The lowest BCUT2D eigenvalue weighted by molar-refractivity contribution is 0.414. The van der Waals surface area contributed by atoms with Crippen molar-refractivity contribution in [3.63, 3.8) is 0 Å². The Bertz CT molecular complexity index is 6990. The van der Waals surface area contributed by atoms with Crippen LogP contribution in [0.4, 0.5) is 68.2 Å². The Morgan fingerprint density at radius 1 is 0.246 bits per heavy atom. The van der Waals surface area contributed by atoms with Gasteiger partial charge in [-0.2, -0.15) is 0 Å². The zero-order valence-corrected chi connectivity index (χ0v) is 76.1. The van der Waals surface area contributed by atoms with Crippen LogP contribution in [0.15, 0.2) is 382 Å². The summed E-state index contributed by atoms with van der Waals surface area (Å²) in [5.41, 5.74) is 26.2. The molecule has 16 aromatic carbocycles. The number of benzene rings is 16. The molecule has 0 spiro atoms. The maximum absolute atomic E-state index is 10.8. The van der Waals surface area contributed by atoms with Gasteiger partial charge in [-0.05, 0) is 372 Å². The number of thiophene rings is 2. The average molecular weight is 1780 g/mol. The fourth-order valence-electron chi connectivity index (χ4n) is 18.4. The van der Waals surface area contributed by atoms with Gasteiger partial charge in [0.25, 0.3) is 5.70 Å². The molecule has 21 rings (SSSR count). The van der Waals surface area contributed by atoms with E-state index in [1.54, 1.807) is 79.6 Å². The van der Waals surface area contributed by atoms with Crippen molar-refractivity contribution in [1.29, 1.82) is 5.26 Å². The largest absolute Gasteiger partial charge is 0.497 e. The molecular weight excluding hydrogens is 1700 g/mol. The van der Waals surface area contributed by atoms with E-state index in [4.69, 9.17) is 44.5 Å². The number of hydrogen-bond donors (Lipinski definition) is 0. The highest BCUT2D eigenvalue weighted by Crippen LogP contribution is 2.53. The van der Waals surface area contributed by atoms with Crippen LogP contribution in [0.25, 0.3) is 118 Å². The van der Waals surface area contributed by atoms with Crippen LogP contribution in [0.5, 0.6) is 46.0 Å². The first-order valence-corrected chi connectivity index (χ1v) is 45.3. The summed E-state index contributed by atoms with van der Waals surface area (Å²) in [4.78, 5) is 17.3. The van der Waals surface area contributed by atoms with E-state index < -0.39 is 0 Å². The first-order chi connectivity index (χ1) is 65.9. The van der Waals surface area contributed by atoms with E-state index in [1.807, 2.05) is 97.1 Å². The van der Waals surface area contributed by atoms with Gasteiger partial charge < -0.3 is 66.6 Å². The number of nitrogens with zero attached hydrogens (tertiary/aromatic N) is 8. The number of methoxy groups -OCH3 is 8. The van der Waals surface area contributed by atoms with E-state index in [2.05, 4.69) is 319 Å². The topological polar surface area (TPSA) is 125 Å². The van der Waals surface area contributed by atoms with Crippen molar-refractivity contribution in [3.8, 4) is 116 Å². The van der Waals surface area contributed by atoms with Gasteiger partial charge in [-0.25, -0.2) is 10.1 Å². The molecule has 650 valence electrons. The van der Waals surface area contributed by atoms with E-state index in [-0.39, 0.29) is 5.70 Å². The zero-order valence-electron chi connectivity index (χ0n) is 74.5. The smallest absolute Gasteiger partial charge is 0.270 e. The van der Waals surface area contributed by atoms with Crippen LogP contribution in [0.3, 0.4) is 0 Å². The van der Waals surface area contributed by atoms with Crippen molar-refractivity contribution in [3.05, 3.63) is 404 Å². The van der Waals surface area contributed by atoms with Gasteiger partial charge in [0, 0.05) is 126 Å². The minimum Gasteiger partial charge on any atom is -0.497 e. The number of nitriles is 1. The van der Waals surface area contributed by atoms with Crippen molar-refractivity contribution in [2.45, 2.75) is 0 Å². The van der Waals surface area contributed by atoms with Crippen LogP contribution in [-0.2, 0) is 0 Å². The summed E-state index contributed by atoms with van der Waals surface area (Å²) >= 11 is 3.42. The fourth-order valence-corrected chi connectivity index (χ4v) is 20.4. The van der Waals surface area contributed by atoms with Crippen molar-refractivity contribution < 1.29 is 37.9 Å². The molecule has 0 amide bonds. The predicted molar refractivity (Wildman–Crippen MR) is 547 cm³/mol. The molecule has 4 aromatic heterocycles. The van der Waals surface area contributed by atoms with Crippen LogP contribution in [0, 0.1) is 17.9 Å². The maximum Gasteiger partial charge on any atom is 0.270 e. The molecule has 16 nitrogen and oxygen atoms in total. The Balaban J connectivity index is 0.589. The molecule has 1 aliphatic rings. The molecule has 0 unspecified atom stereocenters. The molecule has 134 heavy (non-hydrogen) atoms. The third kappa shape index (κ3) is 15.4. The molecule has 0 bridgehead atoms. The van der Waals surface area contributed by atoms with Gasteiger partial charge in [0.1, 0.15) is 46.0 Å². The van der Waals surface area contributed by atoms with Gasteiger partial charge in [0.15, 0.2) is 0 Å². The summed E-state index contributed by atoms with van der Waals surface area (Å²) < 4.78 is 49.9. The Hall–Kier alpha value is -17.2. The molecule has 0 saturated carbocycles. The lowest BCUT2D eigenvalue weighted by atomic mass is 9.99. The molecule has 20 aromatic rings. The first-order valence-electron chi connectivity index (χ1n) is 43.6. The normalized spacial score (nSPS) is 11.4. The molecule has 4 heterocycles. The van der Waals surface area contributed by atoms with Crippen molar-refractivity contribution in [2.75, 3.05) is 76.5 Å². The molecule has 0 saturated heterocycles. The fraction of sp³-hybridized carbons (Fsp3) is 0.0690. The number of anilines is 12. The van der Waals surface area contributed by atoms with Gasteiger partial charge in [-0.15, -0.1) is 22.7 Å². The van der Waals surface area contributed by atoms with Crippen LogP contribution in [-0.4, -0.2) is 66.0 Å². The van der Waals surface area contributed by atoms with Gasteiger partial charge >= 0.3 is 0 Å². The summed E-state index contributed by atoms with van der Waals surface area (Å²) in [6.07, 6.45) is 0. The number of allylic oxidation sites excluding steroid dienone is 1. The second kappa shape index (κ2) is 35.7. The first kappa shape index (κ1) is 83.7. The van der Waals surface area contributed by atoms with E-state index in [0.717, 1.165) is 233 Å². The highest BCUT2D eigenvalue weighted by atomic mass is 32.1. The zero-order chi connectivity index (χ0) is 91.2. The van der Waals surface area contributed by atoms with Gasteiger partial charge in [0.2, 0.25) is 0 Å². The highest BCUT2D eigenvalue weighted by molar-refractivity contribution is 7.19. The van der Waals surface area contributed by atoms with Gasteiger partial charge in [0.05, 0.1) is 91.6 Å². The monoisotopic (exact) mass is 1780 g/mol. The number of ether oxygens (including phenoxy) is 8. The molecule has 0 aliphatic heterocycles. The summed E-state index contributed by atoms with van der Waals surface area (Å²) in [6.45, 7) is 8.45. The van der Waals surface area contributed by atoms with Crippen LogP contribution >= 0.6 is 22.7 Å².